The summed E-state index contributed by atoms with van der Waals surface area (Å²) in [4.78, 5) is 38.7. The van der Waals surface area contributed by atoms with Crippen LogP contribution in [0.2, 0.25) is 0 Å². The van der Waals surface area contributed by atoms with E-state index in [0.717, 1.165) is 13.0 Å². The van der Waals surface area contributed by atoms with E-state index in [4.69, 9.17) is 5.11 Å². The Morgan fingerprint density at radius 1 is 1.42 bits per heavy atom. The number of aromatic nitrogens is 2. The molecule has 132 valence electrons. The molecule has 1 aromatic rings. The molecule has 2 rings (SSSR count). The second kappa shape index (κ2) is 7.94. The van der Waals surface area contributed by atoms with Gasteiger partial charge in [-0.1, -0.05) is 6.92 Å². The molecule has 1 N–H and O–H groups in total. The fourth-order valence-electron chi connectivity index (χ4n) is 2.83. The molecule has 0 aromatic carbocycles. The molecule has 0 radical (unpaired) electrons. The first-order valence-corrected chi connectivity index (χ1v) is 8.20. The molecule has 2 amide bonds. The van der Waals surface area contributed by atoms with Gasteiger partial charge in [0.1, 0.15) is 0 Å². The van der Waals surface area contributed by atoms with Crippen molar-refractivity contribution in [2.24, 2.45) is 5.92 Å². The molecule has 1 fully saturated rings. The SMILES string of the molecule is CCCn1cc(C(=O)N(C)CC(=O)N2CCCC(C(=O)O)C2)cn1. The molecular formula is C16H24N4O4. The smallest absolute Gasteiger partial charge is 0.308 e. The summed E-state index contributed by atoms with van der Waals surface area (Å²) >= 11 is 0. The molecule has 1 saturated heterocycles. The molecule has 1 aliphatic heterocycles. The van der Waals surface area contributed by atoms with E-state index < -0.39 is 11.9 Å². The number of carbonyl (C=O) groups is 3. The number of likely N-dealkylation sites (N-methyl/N-ethyl adjacent to an activating group) is 1. The zero-order valence-electron chi connectivity index (χ0n) is 14.1. The van der Waals surface area contributed by atoms with E-state index in [0.29, 0.717) is 24.9 Å². The molecule has 8 heteroatoms. The summed E-state index contributed by atoms with van der Waals surface area (Å²) in [5.74, 6) is -1.88. The molecule has 1 unspecified atom stereocenters. The number of likely N-dealkylation sites (tertiary alicyclic amines) is 1. The predicted molar refractivity (Wildman–Crippen MR) is 86.4 cm³/mol. The number of aliphatic carboxylic acids is 1. The lowest BCUT2D eigenvalue weighted by molar-refractivity contribution is -0.145. The van der Waals surface area contributed by atoms with Gasteiger partial charge in [0.05, 0.1) is 24.2 Å². The van der Waals surface area contributed by atoms with Crippen LogP contribution in [-0.2, 0) is 16.1 Å². The fourth-order valence-corrected chi connectivity index (χ4v) is 2.83. The van der Waals surface area contributed by atoms with E-state index in [2.05, 4.69) is 5.10 Å². The van der Waals surface area contributed by atoms with Gasteiger partial charge >= 0.3 is 5.97 Å². The quantitative estimate of drug-likeness (QED) is 0.824. The Labute approximate surface area is 141 Å². The maximum atomic E-state index is 12.4. The highest BCUT2D eigenvalue weighted by molar-refractivity contribution is 5.96. The number of nitrogens with zero attached hydrogens (tertiary/aromatic N) is 4. The first-order chi connectivity index (χ1) is 11.4. The molecule has 0 saturated carbocycles. The van der Waals surface area contributed by atoms with Crippen LogP contribution < -0.4 is 0 Å². The highest BCUT2D eigenvalue weighted by Gasteiger charge is 2.29. The number of amides is 2. The summed E-state index contributed by atoms with van der Waals surface area (Å²) in [5, 5.41) is 13.2. The molecular weight excluding hydrogens is 312 g/mol. The first kappa shape index (κ1) is 18.0. The Kier molecular flexibility index (Phi) is 5.94. The molecule has 0 bridgehead atoms. The third-order valence-corrected chi connectivity index (χ3v) is 4.18. The molecule has 2 heterocycles. The number of hydrogen-bond acceptors (Lipinski definition) is 4. The van der Waals surface area contributed by atoms with Crippen molar-refractivity contribution in [3.05, 3.63) is 18.0 Å². The van der Waals surface area contributed by atoms with Crippen molar-refractivity contribution in [1.82, 2.24) is 19.6 Å². The van der Waals surface area contributed by atoms with E-state index in [9.17, 15) is 14.4 Å². The van der Waals surface area contributed by atoms with Crippen molar-refractivity contribution in [1.29, 1.82) is 0 Å². The molecule has 8 nitrogen and oxygen atoms in total. The van der Waals surface area contributed by atoms with Gasteiger partial charge in [0.15, 0.2) is 0 Å². The van der Waals surface area contributed by atoms with Crippen LogP contribution in [0.25, 0.3) is 0 Å². The summed E-state index contributed by atoms with van der Waals surface area (Å²) in [5.41, 5.74) is 0.445. The second-order valence-corrected chi connectivity index (χ2v) is 6.17. The molecule has 0 spiro atoms. The van der Waals surface area contributed by atoms with Gasteiger partial charge in [-0.25, -0.2) is 0 Å². The Balaban J connectivity index is 1.92. The minimum absolute atomic E-state index is 0.0653. The van der Waals surface area contributed by atoms with E-state index >= 15 is 0 Å². The summed E-state index contributed by atoms with van der Waals surface area (Å²) in [6.45, 7) is 3.45. The average molecular weight is 336 g/mol. The minimum atomic E-state index is -0.875. The standard InChI is InChI=1S/C16H24N4O4/c1-3-6-20-10-13(8-17-20)15(22)18(2)11-14(21)19-7-4-5-12(9-19)16(23)24/h8,10,12H,3-7,9,11H2,1-2H3,(H,23,24). The normalized spacial score (nSPS) is 17.6. The predicted octanol–water partition coefficient (Wildman–Crippen LogP) is 0.688. The van der Waals surface area contributed by atoms with Crippen LogP contribution >= 0.6 is 0 Å². The van der Waals surface area contributed by atoms with Crippen molar-refractivity contribution >= 4 is 17.8 Å². The molecule has 0 aliphatic carbocycles. The van der Waals surface area contributed by atoms with Crippen LogP contribution in [0, 0.1) is 5.92 Å². The summed E-state index contributed by atoms with van der Waals surface area (Å²) in [7, 11) is 1.57. The number of piperidine rings is 1. The van der Waals surface area contributed by atoms with Crippen LogP contribution in [0.5, 0.6) is 0 Å². The van der Waals surface area contributed by atoms with Crippen LogP contribution in [0.3, 0.4) is 0 Å². The van der Waals surface area contributed by atoms with Crippen molar-refractivity contribution in [3.8, 4) is 0 Å². The van der Waals surface area contributed by atoms with Gasteiger partial charge in [-0.15, -0.1) is 0 Å². The van der Waals surface area contributed by atoms with E-state index in [-0.39, 0.29) is 24.9 Å². The van der Waals surface area contributed by atoms with Crippen molar-refractivity contribution in [3.63, 3.8) is 0 Å². The summed E-state index contributed by atoms with van der Waals surface area (Å²) in [6.07, 6.45) is 5.35. The lowest BCUT2D eigenvalue weighted by Gasteiger charge is -2.31. The fraction of sp³-hybridized carbons (Fsp3) is 0.625. The summed E-state index contributed by atoms with van der Waals surface area (Å²) in [6, 6.07) is 0. The monoisotopic (exact) mass is 336 g/mol. The minimum Gasteiger partial charge on any atom is -0.481 e. The van der Waals surface area contributed by atoms with E-state index in [1.807, 2.05) is 6.92 Å². The maximum absolute atomic E-state index is 12.4. The zero-order valence-corrected chi connectivity index (χ0v) is 14.1. The van der Waals surface area contributed by atoms with Crippen molar-refractivity contribution < 1.29 is 19.5 Å². The Morgan fingerprint density at radius 3 is 2.83 bits per heavy atom. The highest BCUT2D eigenvalue weighted by atomic mass is 16.4. The van der Waals surface area contributed by atoms with E-state index in [1.54, 1.807) is 17.9 Å². The topological polar surface area (TPSA) is 95.7 Å². The van der Waals surface area contributed by atoms with Gasteiger partial charge < -0.3 is 14.9 Å². The van der Waals surface area contributed by atoms with Crippen molar-refractivity contribution in [2.45, 2.75) is 32.7 Å². The number of aryl methyl sites for hydroxylation is 1. The molecule has 1 atom stereocenters. The number of carbonyl (C=O) groups excluding carboxylic acids is 2. The molecule has 1 aromatic heterocycles. The van der Waals surface area contributed by atoms with Gasteiger partial charge in [-0.2, -0.15) is 5.10 Å². The van der Waals surface area contributed by atoms with Crippen LogP contribution in [0.4, 0.5) is 0 Å². The Hall–Kier alpha value is -2.38. The zero-order chi connectivity index (χ0) is 17.7. The lowest BCUT2D eigenvalue weighted by Crippen LogP contribution is -2.46. The van der Waals surface area contributed by atoms with Gasteiger partial charge in [0.2, 0.25) is 5.91 Å². The maximum Gasteiger partial charge on any atom is 0.308 e. The van der Waals surface area contributed by atoms with Crippen LogP contribution in [0.15, 0.2) is 12.4 Å². The number of carboxylic acids is 1. The number of carboxylic acid groups (broad SMARTS) is 1. The molecule has 1 aliphatic rings. The largest absolute Gasteiger partial charge is 0.481 e. The van der Waals surface area contributed by atoms with Gasteiger partial charge in [0.25, 0.3) is 5.91 Å². The third kappa shape index (κ3) is 4.33. The number of rotatable bonds is 6. The number of hydrogen-bond donors (Lipinski definition) is 1. The summed E-state index contributed by atoms with van der Waals surface area (Å²) < 4.78 is 1.70. The lowest BCUT2D eigenvalue weighted by atomic mass is 9.98. The first-order valence-electron chi connectivity index (χ1n) is 8.20. The van der Waals surface area contributed by atoms with Crippen LogP contribution in [0.1, 0.15) is 36.5 Å². The Morgan fingerprint density at radius 2 is 2.17 bits per heavy atom. The van der Waals surface area contributed by atoms with E-state index in [1.165, 1.54) is 16.0 Å². The Bertz CT molecular complexity index is 613. The third-order valence-electron chi connectivity index (χ3n) is 4.18. The molecule has 24 heavy (non-hydrogen) atoms. The van der Waals surface area contributed by atoms with Gasteiger partial charge in [0, 0.05) is 32.9 Å². The average Bonchev–Trinajstić information content (AvgIpc) is 3.03. The van der Waals surface area contributed by atoms with Gasteiger partial charge in [-0.3, -0.25) is 19.1 Å². The van der Waals surface area contributed by atoms with Crippen LogP contribution in [-0.4, -0.2) is 69.2 Å². The highest BCUT2D eigenvalue weighted by Crippen LogP contribution is 2.17. The van der Waals surface area contributed by atoms with Gasteiger partial charge in [-0.05, 0) is 19.3 Å². The second-order valence-electron chi connectivity index (χ2n) is 6.17. The van der Waals surface area contributed by atoms with Crippen molar-refractivity contribution in [2.75, 3.05) is 26.7 Å².